The van der Waals surface area contributed by atoms with Crippen LogP contribution in [-0.2, 0) is 0 Å². The van der Waals surface area contributed by atoms with Gasteiger partial charge >= 0.3 is 0 Å². The Kier molecular flexibility index (Phi) is 4.20. The lowest BCUT2D eigenvalue weighted by molar-refractivity contribution is -0.0392. The highest BCUT2D eigenvalue weighted by molar-refractivity contribution is 5.31. The molecule has 4 aliphatic carbocycles. The van der Waals surface area contributed by atoms with Gasteiger partial charge in [-0.1, -0.05) is 32.4 Å². The third-order valence-corrected chi connectivity index (χ3v) is 8.80. The van der Waals surface area contributed by atoms with Crippen LogP contribution in [0.2, 0.25) is 0 Å². The third-order valence-electron chi connectivity index (χ3n) is 8.80. The van der Waals surface area contributed by atoms with Crippen LogP contribution >= 0.6 is 0 Å². The van der Waals surface area contributed by atoms with Crippen LogP contribution in [0, 0.1) is 34.5 Å². The Bertz CT molecular complexity index is 624. The molecule has 3 saturated carbocycles. The molecule has 7 atom stereocenters. The summed E-state index contributed by atoms with van der Waals surface area (Å²) in [6, 6.07) is 0. The molecule has 0 aliphatic heterocycles. The molecule has 2 nitrogen and oxygen atoms in total. The standard InChI is InChI=1S/C22H33FO2/c1-13-15-5-4-14-16-6-7-18(19(23)12-24)22(16,3)10-8-17(14)21(15,2)11-9-20(13)25/h5,13-14,16-17,20,24-25H,4,6-12H2,1-3H3/t13?,14-,16-,17-,20-,21-,22-/m0/s1. The second-order valence-electron chi connectivity index (χ2n) is 9.62. The minimum absolute atomic E-state index is 0.0600. The third kappa shape index (κ3) is 2.34. The van der Waals surface area contributed by atoms with Gasteiger partial charge in [-0.05, 0) is 79.1 Å². The van der Waals surface area contributed by atoms with E-state index in [4.69, 9.17) is 0 Å². The Morgan fingerprint density at radius 1 is 1.16 bits per heavy atom. The predicted octanol–water partition coefficient (Wildman–Crippen LogP) is 4.77. The van der Waals surface area contributed by atoms with Crippen molar-refractivity contribution in [2.75, 3.05) is 6.61 Å². The summed E-state index contributed by atoms with van der Waals surface area (Å²) in [5, 5.41) is 19.6. The van der Waals surface area contributed by atoms with Crippen molar-refractivity contribution in [3.63, 3.8) is 0 Å². The Morgan fingerprint density at radius 2 is 1.84 bits per heavy atom. The van der Waals surface area contributed by atoms with Crippen molar-refractivity contribution < 1.29 is 14.6 Å². The summed E-state index contributed by atoms with van der Waals surface area (Å²) in [6.07, 6.45) is 9.40. The molecule has 25 heavy (non-hydrogen) atoms. The van der Waals surface area contributed by atoms with Gasteiger partial charge in [0.25, 0.3) is 0 Å². The fraction of sp³-hybridized carbons (Fsp3) is 0.818. The van der Waals surface area contributed by atoms with Gasteiger partial charge in [-0.15, -0.1) is 0 Å². The van der Waals surface area contributed by atoms with Crippen molar-refractivity contribution in [2.24, 2.45) is 34.5 Å². The van der Waals surface area contributed by atoms with E-state index < -0.39 is 6.61 Å². The molecule has 0 bridgehead atoms. The number of aliphatic hydroxyl groups is 2. The highest BCUT2D eigenvalue weighted by atomic mass is 19.1. The molecular formula is C22H33FO2. The summed E-state index contributed by atoms with van der Waals surface area (Å²) in [5.41, 5.74) is 2.55. The molecule has 0 spiro atoms. The lowest BCUT2D eigenvalue weighted by atomic mass is 9.46. The zero-order chi connectivity index (χ0) is 18.0. The van der Waals surface area contributed by atoms with Gasteiger partial charge in [0.2, 0.25) is 0 Å². The van der Waals surface area contributed by atoms with E-state index in [9.17, 15) is 14.6 Å². The van der Waals surface area contributed by atoms with Crippen molar-refractivity contribution in [1.29, 1.82) is 0 Å². The second kappa shape index (κ2) is 5.92. The minimum Gasteiger partial charge on any atom is -0.393 e. The van der Waals surface area contributed by atoms with Gasteiger partial charge < -0.3 is 10.2 Å². The average Bonchev–Trinajstić information content (AvgIpc) is 2.95. The van der Waals surface area contributed by atoms with E-state index in [1.165, 1.54) is 5.57 Å². The second-order valence-corrected chi connectivity index (χ2v) is 9.62. The van der Waals surface area contributed by atoms with E-state index in [2.05, 4.69) is 26.8 Å². The number of fused-ring (bicyclic) bond motifs is 5. The first-order valence-electron chi connectivity index (χ1n) is 10.2. The van der Waals surface area contributed by atoms with Crippen LogP contribution in [0.5, 0.6) is 0 Å². The first-order chi connectivity index (χ1) is 11.8. The largest absolute Gasteiger partial charge is 0.393 e. The molecule has 0 heterocycles. The van der Waals surface area contributed by atoms with Gasteiger partial charge in [0, 0.05) is 5.92 Å². The Balaban J connectivity index is 1.70. The first-order valence-corrected chi connectivity index (χ1v) is 10.2. The minimum atomic E-state index is -0.442. The number of aliphatic hydroxyl groups excluding tert-OH is 2. The average molecular weight is 349 g/mol. The van der Waals surface area contributed by atoms with Gasteiger partial charge in [0.1, 0.15) is 5.83 Å². The SMILES string of the molecule is CC1C2=CC[C@@H]3[C@H](CC[C@]4(C)C(=C(F)CO)CC[C@@H]34)[C@@]2(C)CC[C@@H]1O. The van der Waals surface area contributed by atoms with Crippen molar-refractivity contribution in [3.05, 3.63) is 23.0 Å². The molecule has 3 heteroatoms. The van der Waals surface area contributed by atoms with Crippen LogP contribution in [0.3, 0.4) is 0 Å². The molecule has 0 aromatic carbocycles. The van der Waals surface area contributed by atoms with Crippen LogP contribution in [0.15, 0.2) is 23.0 Å². The summed E-state index contributed by atoms with van der Waals surface area (Å²) in [7, 11) is 0. The van der Waals surface area contributed by atoms with Gasteiger partial charge in [-0.2, -0.15) is 0 Å². The Hall–Kier alpha value is -0.670. The summed E-state index contributed by atoms with van der Waals surface area (Å²) in [6.45, 7) is 6.43. The van der Waals surface area contributed by atoms with Crippen LogP contribution in [0.25, 0.3) is 0 Å². The summed E-state index contributed by atoms with van der Waals surface area (Å²) < 4.78 is 14.3. The molecule has 4 rings (SSSR count). The lowest BCUT2D eigenvalue weighted by Gasteiger charge is -2.58. The van der Waals surface area contributed by atoms with E-state index in [1.54, 1.807) is 0 Å². The van der Waals surface area contributed by atoms with Crippen LogP contribution in [0.4, 0.5) is 4.39 Å². The molecule has 0 amide bonds. The topological polar surface area (TPSA) is 40.5 Å². The van der Waals surface area contributed by atoms with E-state index in [1.807, 2.05) is 0 Å². The summed E-state index contributed by atoms with van der Waals surface area (Å²) in [5.74, 6) is 1.83. The van der Waals surface area contributed by atoms with Gasteiger partial charge in [0.05, 0.1) is 12.7 Å². The Labute approximate surface area is 151 Å². The zero-order valence-corrected chi connectivity index (χ0v) is 15.9. The van der Waals surface area contributed by atoms with Gasteiger partial charge in [0.15, 0.2) is 0 Å². The number of rotatable bonds is 1. The molecule has 0 radical (unpaired) electrons. The predicted molar refractivity (Wildman–Crippen MR) is 97.5 cm³/mol. The molecule has 4 aliphatic rings. The molecule has 3 fully saturated rings. The summed E-state index contributed by atoms with van der Waals surface area (Å²) in [4.78, 5) is 0. The van der Waals surface area contributed by atoms with E-state index in [-0.39, 0.29) is 28.7 Å². The summed E-state index contributed by atoms with van der Waals surface area (Å²) >= 11 is 0. The smallest absolute Gasteiger partial charge is 0.125 e. The normalized spacial score (nSPS) is 51.3. The van der Waals surface area contributed by atoms with Crippen molar-refractivity contribution in [3.8, 4) is 0 Å². The molecule has 0 saturated heterocycles. The van der Waals surface area contributed by atoms with E-state index in [0.717, 1.165) is 50.5 Å². The van der Waals surface area contributed by atoms with Crippen molar-refractivity contribution in [1.82, 2.24) is 0 Å². The van der Waals surface area contributed by atoms with Crippen LogP contribution in [-0.4, -0.2) is 22.9 Å². The van der Waals surface area contributed by atoms with Crippen LogP contribution < -0.4 is 0 Å². The quantitative estimate of drug-likeness (QED) is 0.670. The number of halogens is 1. The van der Waals surface area contributed by atoms with Crippen LogP contribution in [0.1, 0.15) is 65.7 Å². The molecular weight excluding hydrogens is 315 g/mol. The van der Waals surface area contributed by atoms with E-state index in [0.29, 0.717) is 17.8 Å². The van der Waals surface area contributed by atoms with Gasteiger partial charge in [-0.3, -0.25) is 0 Å². The van der Waals surface area contributed by atoms with Gasteiger partial charge in [-0.25, -0.2) is 4.39 Å². The molecule has 2 N–H and O–H groups in total. The first kappa shape index (κ1) is 17.7. The highest BCUT2D eigenvalue weighted by Crippen LogP contribution is 2.66. The Morgan fingerprint density at radius 3 is 2.56 bits per heavy atom. The molecule has 140 valence electrons. The number of hydrogen-bond acceptors (Lipinski definition) is 2. The highest BCUT2D eigenvalue weighted by Gasteiger charge is 2.58. The lowest BCUT2D eigenvalue weighted by Crippen LogP contribution is -2.51. The van der Waals surface area contributed by atoms with Crippen molar-refractivity contribution >= 4 is 0 Å². The maximum atomic E-state index is 14.3. The van der Waals surface area contributed by atoms with Crippen molar-refractivity contribution in [2.45, 2.75) is 71.8 Å². The monoisotopic (exact) mass is 348 g/mol. The molecule has 0 aromatic rings. The van der Waals surface area contributed by atoms with E-state index >= 15 is 0 Å². The molecule has 0 aromatic heterocycles. The number of allylic oxidation sites excluding steroid dienone is 2. The fourth-order valence-electron chi connectivity index (χ4n) is 7.41. The maximum Gasteiger partial charge on any atom is 0.125 e. The maximum absolute atomic E-state index is 14.3. The zero-order valence-electron chi connectivity index (χ0n) is 15.9. The molecule has 1 unspecified atom stereocenters. The fourth-order valence-corrected chi connectivity index (χ4v) is 7.41. The number of hydrogen-bond donors (Lipinski definition) is 2.